The molecular formula is C21H21ClN2O3. The third-order valence-corrected chi connectivity index (χ3v) is 5.62. The van der Waals surface area contributed by atoms with Gasteiger partial charge >= 0.3 is 6.03 Å². The highest BCUT2D eigenvalue weighted by atomic mass is 35.5. The van der Waals surface area contributed by atoms with Crippen LogP contribution in [-0.2, 0) is 16.8 Å². The summed E-state index contributed by atoms with van der Waals surface area (Å²) in [7, 11) is 0. The van der Waals surface area contributed by atoms with Crippen molar-refractivity contribution in [3.05, 3.63) is 64.7 Å². The quantitative estimate of drug-likeness (QED) is 0.813. The summed E-state index contributed by atoms with van der Waals surface area (Å²) in [6.07, 6.45) is 3.45. The van der Waals surface area contributed by atoms with Crippen LogP contribution in [0.1, 0.15) is 30.4 Å². The maximum atomic E-state index is 13.3. The van der Waals surface area contributed by atoms with Crippen LogP contribution in [0.2, 0.25) is 5.02 Å². The smallest absolute Gasteiger partial charge is 0.325 e. The normalized spacial score (nSPS) is 21.7. The number of hydrogen-bond donors (Lipinski definition) is 1. The SMILES string of the molecule is O=C1NC2(CCCCc3ccccc32)C(=O)N1CCOc1ccccc1Cl. The predicted octanol–water partition coefficient (Wildman–Crippen LogP) is 3.89. The van der Waals surface area contributed by atoms with Gasteiger partial charge in [0.25, 0.3) is 5.91 Å². The molecule has 2 aromatic rings. The first kappa shape index (κ1) is 17.9. The molecule has 140 valence electrons. The Morgan fingerprint density at radius 3 is 2.70 bits per heavy atom. The van der Waals surface area contributed by atoms with Crippen molar-refractivity contribution >= 4 is 23.5 Å². The molecule has 1 aliphatic heterocycles. The minimum atomic E-state index is -0.950. The lowest BCUT2D eigenvalue weighted by Crippen LogP contribution is -2.44. The Morgan fingerprint density at radius 2 is 1.85 bits per heavy atom. The molecule has 5 nitrogen and oxygen atoms in total. The number of fused-ring (bicyclic) bond motifs is 2. The number of urea groups is 1. The number of nitrogens with one attached hydrogen (secondary N) is 1. The third kappa shape index (κ3) is 3.16. The molecule has 1 heterocycles. The minimum absolute atomic E-state index is 0.180. The van der Waals surface area contributed by atoms with Gasteiger partial charge in [0.2, 0.25) is 0 Å². The Hall–Kier alpha value is -2.53. The van der Waals surface area contributed by atoms with E-state index in [4.69, 9.17) is 16.3 Å². The van der Waals surface area contributed by atoms with Gasteiger partial charge in [-0.2, -0.15) is 0 Å². The van der Waals surface area contributed by atoms with Gasteiger partial charge in [-0.05, 0) is 48.9 Å². The lowest BCUT2D eigenvalue weighted by Gasteiger charge is -2.27. The minimum Gasteiger partial charge on any atom is -0.490 e. The number of hydrogen-bond acceptors (Lipinski definition) is 3. The van der Waals surface area contributed by atoms with E-state index in [1.807, 2.05) is 36.4 Å². The first-order chi connectivity index (χ1) is 13.1. The van der Waals surface area contributed by atoms with E-state index in [0.29, 0.717) is 17.2 Å². The molecule has 1 atom stereocenters. The average molecular weight is 385 g/mol. The molecule has 6 heteroatoms. The zero-order valence-electron chi connectivity index (χ0n) is 14.9. The number of carbonyl (C=O) groups is 2. The van der Waals surface area contributed by atoms with E-state index in [1.165, 1.54) is 4.90 Å². The molecule has 0 radical (unpaired) electrons. The van der Waals surface area contributed by atoms with E-state index in [9.17, 15) is 9.59 Å². The van der Waals surface area contributed by atoms with Gasteiger partial charge in [0.05, 0.1) is 11.6 Å². The molecule has 0 aromatic heterocycles. The first-order valence-electron chi connectivity index (χ1n) is 9.22. The molecule has 1 spiro atoms. The van der Waals surface area contributed by atoms with Crippen LogP contribution < -0.4 is 10.1 Å². The monoisotopic (exact) mass is 384 g/mol. The summed E-state index contributed by atoms with van der Waals surface area (Å²) in [5.74, 6) is 0.352. The van der Waals surface area contributed by atoms with E-state index in [1.54, 1.807) is 12.1 Å². The molecule has 4 rings (SSSR count). The highest BCUT2D eigenvalue weighted by molar-refractivity contribution is 6.32. The second-order valence-corrected chi connectivity index (χ2v) is 7.34. The summed E-state index contributed by atoms with van der Waals surface area (Å²) in [6, 6.07) is 14.7. The molecule has 1 aliphatic carbocycles. The molecule has 1 saturated heterocycles. The van der Waals surface area contributed by atoms with Crippen LogP contribution in [0.3, 0.4) is 0 Å². The summed E-state index contributed by atoms with van der Waals surface area (Å²) in [4.78, 5) is 27.1. The van der Waals surface area contributed by atoms with Gasteiger partial charge in [-0.15, -0.1) is 0 Å². The summed E-state index contributed by atoms with van der Waals surface area (Å²) in [5, 5.41) is 3.48. The van der Waals surface area contributed by atoms with E-state index in [2.05, 4.69) is 5.32 Å². The molecule has 0 saturated carbocycles. The fourth-order valence-electron chi connectivity index (χ4n) is 3.98. The number of halogens is 1. The van der Waals surface area contributed by atoms with Gasteiger partial charge in [0.15, 0.2) is 0 Å². The van der Waals surface area contributed by atoms with E-state index >= 15 is 0 Å². The molecule has 27 heavy (non-hydrogen) atoms. The fraction of sp³-hybridized carbons (Fsp3) is 0.333. The van der Waals surface area contributed by atoms with Gasteiger partial charge in [-0.3, -0.25) is 9.69 Å². The number of imide groups is 1. The highest BCUT2D eigenvalue weighted by Crippen LogP contribution is 2.38. The lowest BCUT2D eigenvalue weighted by molar-refractivity contribution is -0.132. The molecule has 2 aliphatic rings. The van der Waals surface area contributed by atoms with Crippen molar-refractivity contribution in [2.75, 3.05) is 13.2 Å². The Balaban J connectivity index is 1.53. The van der Waals surface area contributed by atoms with Crippen LogP contribution in [0.15, 0.2) is 48.5 Å². The van der Waals surface area contributed by atoms with E-state index in [0.717, 1.165) is 30.4 Å². The van der Waals surface area contributed by atoms with Crippen molar-refractivity contribution in [1.82, 2.24) is 10.2 Å². The van der Waals surface area contributed by atoms with Crippen molar-refractivity contribution in [1.29, 1.82) is 0 Å². The molecule has 0 bridgehead atoms. The van der Waals surface area contributed by atoms with Gasteiger partial charge in [0, 0.05) is 0 Å². The average Bonchev–Trinajstić information content (AvgIpc) is 2.81. The molecule has 3 amide bonds. The number of aryl methyl sites for hydroxylation is 1. The fourth-order valence-corrected chi connectivity index (χ4v) is 4.18. The maximum absolute atomic E-state index is 13.3. The van der Waals surface area contributed by atoms with Gasteiger partial charge in [-0.1, -0.05) is 48.0 Å². The van der Waals surface area contributed by atoms with Crippen LogP contribution in [0, 0.1) is 0 Å². The number of rotatable bonds is 4. The van der Waals surface area contributed by atoms with Crippen LogP contribution in [-0.4, -0.2) is 30.0 Å². The van der Waals surface area contributed by atoms with Crippen LogP contribution in [0.25, 0.3) is 0 Å². The van der Waals surface area contributed by atoms with Crippen LogP contribution >= 0.6 is 11.6 Å². The number of ether oxygens (including phenoxy) is 1. The third-order valence-electron chi connectivity index (χ3n) is 5.31. The Morgan fingerprint density at radius 1 is 1.07 bits per heavy atom. The predicted molar refractivity (Wildman–Crippen MR) is 103 cm³/mol. The second-order valence-electron chi connectivity index (χ2n) is 6.94. The second kappa shape index (κ2) is 7.24. The molecular weight excluding hydrogens is 364 g/mol. The van der Waals surface area contributed by atoms with Crippen molar-refractivity contribution < 1.29 is 14.3 Å². The largest absolute Gasteiger partial charge is 0.490 e. The van der Waals surface area contributed by atoms with E-state index < -0.39 is 5.54 Å². The van der Waals surface area contributed by atoms with Gasteiger partial charge < -0.3 is 10.1 Å². The summed E-state index contributed by atoms with van der Waals surface area (Å²) in [5.41, 5.74) is 1.11. The van der Waals surface area contributed by atoms with Crippen molar-refractivity contribution in [2.24, 2.45) is 0 Å². The Labute approximate surface area is 163 Å². The zero-order valence-corrected chi connectivity index (χ0v) is 15.7. The number of amides is 3. The maximum Gasteiger partial charge on any atom is 0.325 e. The van der Waals surface area contributed by atoms with Gasteiger partial charge in [-0.25, -0.2) is 4.79 Å². The lowest BCUT2D eigenvalue weighted by atomic mass is 9.84. The number of carbonyl (C=O) groups excluding carboxylic acids is 2. The Bertz CT molecular complexity index is 885. The van der Waals surface area contributed by atoms with E-state index in [-0.39, 0.29) is 25.1 Å². The number of para-hydroxylation sites is 1. The van der Waals surface area contributed by atoms with Gasteiger partial charge in [0.1, 0.15) is 17.9 Å². The topological polar surface area (TPSA) is 58.6 Å². The molecule has 1 N–H and O–H groups in total. The van der Waals surface area contributed by atoms with Crippen LogP contribution in [0.4, 0.5) is 4.79 Å². The number of nitrogens with zero attached hydrogens (tertiary/aromatic N) is 1. The standard InChI is InChI=1S/C21H21ClN2O3/c22-17-10-3-4-11-18(17)27-14-13-24-19(25)21(23-20(24)26)12-6-5-8-15-7-1-2-9-16(15)21/h1-4,7,9-11H,5-6,8,12-14H2,(H,23,26). The zero-order chi connectivity index (χ0) is 18.9. The van der Waals surface area contributed by atoms with Crippen molar-refractivity contribution in [3.8, 4) is 5.75 Å². The van der Waals surface area contributed by atoms with Crippen LogP contribution in [0.5, 0.6) is 5.75 Å². The molecule has 1 fully saturated rings. The van der Waals surface area contributed by atoms with Crippen molar-refractivity contribution in [2.45, 2.75) is 31.2 Å². The Kier molecular flexibility index (Phi) is 4.79. The summed E-state index contributed by atoms with van der Waals surface area (Å²) < 4.78 is 5.66. The highest BCUT2D eigenvalue weighted by Gasteiger charge is 2.53. The number of benzene rings is 2. The molecule has 2 aromatic carbocycles. The molecule has 1 unspecified atom stereocenters. The van der Waals surface area contributed by atoms with Crippen molar-refractivity contribution in [3.63, 3.8) is 0 Å². The summed E-state index contributed by atoms with van der Waals surface area (Å²) in [6.45, 7) is 0.375. The first-order valence-corrected chi connectivity index (χ1v) is 9.59. The summed E-state index contributed by atoms with van der Waals surface area (Å²) >= 11 is 6.08.